The van der Waals surface area contributed by atoms with E-state index in [4.69, 9.17) is 5.73 Å². The number of likely N-dealkylation sites (tertiary alicyclic amines) is 1. The number of anilines is 2. The Morgan fingerprint density at radius 3 is 2.50 bits per heavy atom. The number of nitrogen functional groups attached to an aromatic ring is 1. The van der Waals surface area contributed by atoms with Crippen LogP contribution in [-0.4, -0.2) is 24.0 Å². The quantitative estimate of drug-likeness (QED) is 0.832. The van der Waals surface area contributed by atoms with Crippen LogP contribution in [0.3, 0.4) is 0 Å². The van der Waals surface area contributed by atoms with E-state index in [0.717, 1.165) is 11.4 Å². The van der Waals surface area contributed by atoms with Crippen LogP contribution in [0, 0.1) is 0 Å². The minimum atomic E-state index is 0.532. The van der Waals surface area contributed by atoms with Crippen molar-refractivity contribution >= 4 is 11.4 Å². The highest BCUT2D eigenvalue weighted by Crippen LogP contribution is 2.36. The van der Waals surface area contributed by atoms with Gasteiger partial charge >= 0.3 is 0 Å². The molecule has 1 aliphatic heterocycles. The van der Waals surface area contributed by atoms with Crippen molar-refractivity contribution < 1.29 is 0 Å². The molecule has 2 aromatic carbocycles. The first-order chi connectivity index (χ1) is 11.8. The third-order valence-electron chi connectivity index (χ3n) is 5.63. The number of para-hydroxylation sites is 2. The third kappa shape index (κ3) is 3.13. The Balaban J connectivity index is 1.39. The summed E-state index contributed by atoms with van der Waals surface area (Å²) in [5, 5.41) is 3.64. The van der Waals surface area contributed by atoms with Crippen molar-refractivity contribution in [3.8, 4) is 0 Å². The molecule has 3 nitrogen and oxygen atoms in total. The average Bonchev–Trinajstić information content (AvgIpc) is 2.64. The molecule has 3 N–H and O–H groups in total. The van der Waals surface area contributed by atoms with Gasteiger partial charge in [0.1, 0.15) is 0 Å². The smallest absolute Gasteiger partial charge is 0.0576 e. The molecule has 4 rings (SSSR count). The van der Waals surface area contributed by atoms with Crippen molar-refractivity contribution in [3.63, 3.8) is 0 Å². The van der Waals surface area contributed by atoms with Gasteiger partial charge in [-0.2, -0.15) is 0 Å². The van der Waals surface area contributed by atoms with Crippen LogP contribution < -0.4 is 11.1 Å². The van der Waals surface area contributed by atoms with Gasteiger partial charge in [0.25, 0.3) is 0 Å². The van der Waals surface area contributed by atoms with E-state index in [1.165, 1.54) is 45.2 Å². The summed E-state index contributed by atoms with van der Waals surface area (Å²) in [6, 6.07) is 18.3. The second kappa shape index (κ2) is 6.86. The van der Waals surface area contributed by atoms with Crippen molar-refractivity contribution in [3.05, 3.63) is 59.7 Å². The van der Waals surface area contributed by atoms with Gasteiger partial charge in [0, 0.05) is 25.2 Å². The number of fused-ring (bicyclic) bond motifs is 1. The van der Waals surface area contributed by atoms with Gasteiger partial charge in [-0.1, -0.05) is 36.4 Å². The summed E-state index contributed by atoms with van der Waals surface area (Å²) in [5.74, 6) is 0. The number of nitrogens with one attached hydrogen (secondary N) is 1. The maximum Gasteiger partial charge on any atom is 0.0576 e. The molecule has 1 atom stereocenters. The van der Waals surface area contributed by atoms with Crippen LogP contribution in [0.25, 0.3) is 0 Å². The van der Waals surface area contributed by atoms with Crippen molar-refractivity contribution in [1.82, 2.24) is 4.90 Å². The zero-order valence-corrected chi connectivity index (χ0v) is 14.2. The second-order valence-corrected chi connectivity index (χ2v) is 7.15. The number of nitrogens with two attached hydrogens (primary N) is 1. The number of aryl methyl sites for hydroxylation is 1. The van der Waals surface area contributed by atoms with Crippen LogP contribution in [-0.2, 0) is 6.42 Å². The standard InChI is InChI=1S/C21H27N3/c22-19-9-3-4-10-20(19)23-17-12-14-24(15-13-17)21-11-5-7-16-6-1-2-8-18(16)21/h1-4,6,8-10,17,21,23H,5,7,11-15,22H2/t21-/m1/s1. The van der Waals surface area contributed by atoms with Crippen molar-refractivity contribution in [2.45, 2.75) is 44.2 Å². The maximum absolute atomic E-state index is 6.06. The van der Waals surface area contributed by atoms with Crippen molar-refractivity contribution in [2.75, 3.05) is 24.1 Å². The molecule has 0 amide bonds. The van der Waals surface area contributed by atoms with E-state index in [1.54, 1.807) is 11.1 Å². The molecule has 0 aromatic heterocycles. The van der Waals surface area contributed by atoms with Gasteiger partial charge in [-0.05, 0) is 55.4 Å². The van der Waals surface area contributed by atoms with Gasteiger partial charge in [-0.25, -0.2) is 0 Å². The number of rotatable bonds is 3. The van der Waals surface area contributed by atoms with Gasteiger partial charge in [0.05, 0.1) is 11.4 Å². The van der Waals surface area contributed by atoms with Crippen LogP contribution in [0.2, 0.25) is 0 Å². The van der Waals surface area contributed by atoms with E-state index in [1.807, 2.05) is 18.2 Å². The van der Waals surface area contributed by atoms with Crippen LogP contribution in [0.1, 0.15) is 42.9 Å². The summed E-state index contributed by atoms with van der Waals surface area (Å²) in [6.07, 6.45) is 6.25. The summed E-state index contributed by atoms with van der Waals surface area (Å²) in [6.45, 7) is 2.34. The van der Waals surface area contributed by atoms with E-state index < -0.39 is 0 Å². The molecule has 24 heavy (non-hydrogen) atoms. The summed E-state index contributed by atoms with van der Waals surface area (Å²) in [4.78, 5) is 2.70. The minimum Gasteiger partial charge on any atom is -0.397 e. The van der Waals surface area contributed by atoms with E-state index in [9.17, 15) is 0 Å². The molecule has 1 heterocycles. The highest BCUT2D eigenvalue weighted by Gasteiger charge is 2.29. The normalized spacial score (nSPS) is 22.1. The lowest BCUT2D eigenvalue weighted by Gasteiger charge is -2.40. The highest BCUT2D eigenvalue weighted by molar-refractivity contribution is 5.66. The molecule has 3 heteroatoms. The third-order valence-corrected chi connectivity index (χ3v) is 5.63. The lowest BCUT2D eigenvalue weighted by atomic mass is 9.86. The molecule has 1 aliphatic carbocycles. The number of nitrogens with zero attached hydrogens (tertiary/aromatic N) is 1. The lowest BCUT2D eigenvalue weighted by Crippen LogP contribution is -2.42. The maximum atomic E-state index is 6.06. The molecule has 2 aliphatic rings. The van der Waals surface area contributed by atoms with Gasteiger partial charge in [-0.15, -0.1) is 0 Å². The van der Waals surface area contributed by atoms with Gasteiger partial charge in [0.2, 0.25) is 0 Å². The summed E-state index contributed by atoms with van der Waals surface area (Å²) >= 11 is 0. The topological polar surface area (TPSA) is 41.3 Å². The predicted octanol–water partition coefficient (Wildman–Crippen LogP) is 4.22. The first kappa shape index (κ1) is 15.5. The van der Waals surface area contributed by atoms with Crippen LogP contribution in [0.15, 0.2) is 48.5 Å². The van der Waals surface area contributed by atoms with Gasteiger partial charge in [-0.3, -0.25) is 4.90 Å². The lowest BCUT2D eigenvalue weighted by molar-refractivity contribution is 0.143. The molecule has 126 valence electrons. The molecule has 0 unspecified atom stereocenters. The van der Waals surface area contributed by atoms with Crippen LogP contribution >= 0.6 is 0 Å². The Kier molecular flexibility index (Phi) is 4.44. The predicted molar refractivity (Wildman–Crippen MR) is 101 cm³/mol. The first-order valence-electron chi connectivity index (χ1n) is 9.24. The Morgan fingerprint density at radius 1 is 0.917 bits per heavy atom. The summed E-state index contributed by atoms with van der Waals surface area (Å²) in [5.41, 5.74) is 11.1. The number of piperidine rings is 1. The fourth-order valence-electron chi connectivity index (χ4n) is 4.31. The van der Waals surface area contributed by atoms with Gasteiger partial charge < -0.3 is 11.1 Å². The summed E-state index contributed by atoms with van der Waals surface area (Å²) < 4.78 is 0. The number of hydrogen-bond donors (Lipinski definition) is 2. The van der Waals surface area contributed by atoms with E-state index >= 15 is 0 Å². The average molecular weight is 321 g/mol. The zero-order chi connectivity index (χ0) is 16.4. The molecule has 0 radical (unpaired) electrons. The number of benzene rings is 2. The fraction of sp³-hybridized carbons (Fsp3) is 0.429. The van der Waals surface area contributed by atoms with E-state index in [2.05, 4.69) is 40.5 Å². The van der Waals surface area contributed by atoms with E-state index in [0.29, 0.717) is 12.1 Å². The van der Waals surface area contributed by atoms with Crippen molar-refractivity contribution in [1.29, 1.82) is 0 Å². The SMILES string of the molecule is Nc1ccccc1NC1CCN([C@@H]2CCCc3ccccc32)CC1. The molecule has 2 aromatic rings. The highest BCUT2D eigenvalue weighted by atomic mass is 15.2. The Morgan fingerprint density at radius 2 is 1.67 bits per heavy atom. The van der Waals surface area contributed by atoms with Crippen LogP contribution in [0.5, 0.6) is 0 Å². The molecule has 0 spiro atoms. The molecule has 1 saturated heterocycles. The van der Waals surface area contributed by atoms with E-state index in [-0.39, 0.29) is 0 Å². The van der Waals surface area contributed by atoms with Gasteiger partial charge in [0.15, 0.2) is 0 Å². The molecule has 0 bridgehead atoms. The monoisotopic (exact) mass is 321 g/mol. The molecule has 0 saturated carbocycles. The Labute approximate surface area is 144 Å². The molecule has 1 fully saturated rings. The zero-order valence-electron chi connectivity index (χ0n) is 14.2. The first-order valence-corrected chi connectivity index (χ1v) is 9.24. The summed E-state index contributed by atoms with van der Waals surface area (Å²) in [7, 11) is 0. The fourth-order valence-corrected chi connectivity index (χ4v) is 4.31. The minimum absolute atomic E-state index is 0.532. The largest absolute Gasteiger partial charge is 0.397 e. The number of hydrogen-bond acceptors (Lipinski definition) is 3. The Bertz CT molecular complexity index is 689. The second-order valence-electron chi connectivity index (χ2n) is 7.15. The van der Waals surface area contributed by atoms with Crippen LogP contribution in [0.4, 0.5) is 11.4 Å². The van der Waals surface area contributed by atoms with Crippen molar-refractivity contribution in [2.24, 2.45) is 0 Å². The Hall–Kier alpha value is -2.00. The molecular weight excluding hydrogens is 294 g/mol. The molecular formula is C21H27N3.